The summed E-state index contributed by atoms with van der Waals surface area (Å²) in [5, 5.41) is 11.3. The van der Waals surface area contributed by atoms with Gasteiger partial charge in [-0.2, -0.15) is 13.2 Å². The van der Waals surface area contributed by atoms with Crippen LogP contribution in [0.15, 0.2) is 15.9 Å². The molecule has 2 nitrogen and oxygen atoms in total. The molecule has 2 N–H and O–H groups in total. The molecule has 0 aromatic carbocycles. The number of alkyl halides is 3. The molecule has 1 aromatic rings. The number of aliphatic hydroxyl groups excluding tert-OH is 1. The van der Waals surface area contributed by atoms with Crippen molar-refractivity contribution >= 4 is 27.3 Å². The smallest absolute Gasteiger partial charge is 0.382 e. The Morgan fingerprint density at radius 2 is 2.12 bits per heavy atom. The molecule has 1 atom stereocenters. The van der Waals surface area contributed by atoms with Crippen LogP contribution in [0.4, 0.5) is 13.2 Å². The Morgan fingerprint density at radius 3 is 2.62 bits per heavy atom. The third-order valence-electron chi connectivity index (χ3n) is 1.89. The molecule has 7 heteroatoms. The van der Waals surface area contributed by atoms with Crippen molar-refractivity contribution in [2.45, 2.75) is 18.7 Å². The Kier molecular flexibility index (Phi) is 5.23. The molecule has 0 amide bonds. The predicted octanol–water partition coefficient (Wildman–Crippen LogP) is 2.57. The maximum Gasteiger partial charge on any atom is 0.415 e. The van der Waals surface area contributed by atoms with Gasteiger partial charge in [-0.3, -0.25) is 0 Å². The Bertz CT molecular complexity index is 329. The van der Waals surface area contributed by atoms with Crippen LogP contribution >= 0.6 is 27.3 Å². The lowest BCUT2D eigenvalue weighted by Crippen LogP contribution is -2.38. The lowest BCUT2D eigenvalue weighted by atomic mass is 10.3. The molecule has 1 unspecified atom stereocenters. The zero-order valence-corrected chi connectivity index (χ0v) is 10.6. The molecule has 1 aromatic heterocycles. The van der Waals surface area contributed by atoms with Crippen molar-refractivity contribution in [1.29, 1.82) is 0 Å². The van der Waals surface area contributed by atoms with E-state index in [9.17, 15) is 13.2 Å². The van der Waals surface area contributed by atoms with E-state index in [1.165, 1.54) is 0 Å². The van der Waals surface area contributed by atoms with Crippen molar-refractivity contribution in [1.82, 2.24) is 5.32 Å². The molecule has 16 heavy (non-hydrogen) atoms. The number of nitrogens with one attached hydrogen (secondary N) is 1. The molecule has 0 saturated carbocycles. The summed E-state index contributed by atoms with van der Waals surface area (Å²) in [5.41, 5.74) is 0. The van der Waals surface area contributed by atoms with E-state index < -0.39 is 18.8 Å². The fraction of sp³-hybridized carbons (Fsp3) is 0.556. The van der Waals surface area contributed by atoms with Gasteiger partial charge in [0, 0.05) is 18.0 Å². The molecule has 0 aliphatic rings. The van der Waals surface area contributed by atoms with Gasteiger partial charge in [0.25, 0.3) is 0 Å². The monoisotopic (exact) mass is 317 g/mol. The van der Waals surface area contributed by atoms with E-state index in [0.717, 1.165) is 8.66 Å². The second-order valence-corrected chi connectivity index (χ2v) is 5.76. The minimum atomic E-state index is -4.54. The second kappa shape index (κ2) is 6.00. The summed E-state index contributed by atoms with van der Waals surface area (Å²) in [6.07, 6.45) is -6.18. The van der Waals surface area contributed by atoms with Gasteiger partial charge in [0.1, 0.15) is 0 Å². The van der Waals surface area contributed by atoms with Crippen molar-refractivity contribution in [2.75, 3.05) is 13.1 Å². The maximum atomic E-state index is 11.9. The molecule has 0 radical (unpaired) electrons. The summed E-state index contributed by atoms with van der Waals surface area (Å²) in [4.78, 5) is 1.08. The van der Waals surface area contributed by atoms with Gasteiger partial charge in [0.2, 0.25) is 0 Å². The van der Waals surface area contributed by atoms with Gasteiger partial charge in [0.15, 0.2) is 6.10 Å². The Hall–Kier alpha value is -0.110. The van der Waals surface area contributed by atoms with E-state index in [1.54, 1.807) is 11.3 Å². The van der Waals surface area contributed by atoms with Gasteiger partial charge in [-0.1, -0.05) is 0 Å². The van der Waals surface area contributed by atoms with E-state index in [2.05, 4.69) is 21.2 Å². The Morgan fingerprint density at radius 1 is 1.44 bits per heavy atom. The number of hydrogen-bond acceptors (Lipinski definition) is 3. The van der Waals surface area contributed by atoms with Crippen LogP contribution in [0.5, 0.6) is 0 Å². The number of rotatable bonds is 5. The minimum absolute atomic E-state index is 0.417. The highest BCUT2D eigenvalue weighted by molar-refractivity contribution is 9.11. The van der Waals surface area contributed by atoms with Gasteiger partial charge in [-0.05, 0) is 34.5 Å². The highest BCUT2D eigenvalue weighted by Crippen LogP contribution is 2.22. The fourth-order valence-corrected chi connectivity index (χ4v) is 2.53. The average molecular weight is 318 g/mol. The number of hydrogen-bond donors (Lipinski definition) is 2. The van der Waals surface area contributed by atoms with Crippen molar-refractivity contribution < 1.29 is 18.3 Å². The summed E-state index contributed by atoms with van der Waals surface area (Å²) < 4.78 is 36.7. The third kappa shape index (κ3) is 4.82. The van der Waals surface area contributed by atoms with Gasteiger partial charge in [0.05, 0.1) is 3.79 Å². The van der Waals surface area contributed by atoms with E-state index in [1.807, 2.05) is 12.1 Å². The quantitative estimate of drug-likeness (QED) is 0.818. The number of thiophene rings is 1. The van der Waals surface area contributed by atoms with Gasteiger partial charge >= 0.3 is 6.18 Å². The Labute approximate surface area is 104 Å². The van der Waals surface area contributed by atoms with Crippen LogP contribution in [-0.4, -0.2) is 30.5 Å². The molecule has 0 aliphatic heterocycles. The third-order valence-corrected chi connectivity index (χ3v) is 3.58. The average Bonchev–Trinajstić information content (AvgIpc) is 2.57. The molecule has 0 bridgehead atoms. The first kappa shape index (κ1) is 14.0. The first-order chi connectivity index (χ1) is 7.39. The summed E-state index contributed by atoms with van der Waals surface area (Å²) >= 11 is 4.84. The van der Waals surface area contributed by atoms with E-state index in [0.29, 0.717) is 13.0 Å². The molecular formula is C9H11BrF3NOS. The van der Waals surface area contributed by atoms with Crippen LogP contribution < -0.4 is 5.32 Å². The van der Waals surface area contributed by atoms with Crippen molar-refractivity contribution in [2.24, 2.45) is 0 Å². The van der Waals surface area contributed by atoms with Crippen LogP contribution in [0.25, 0.3) is 0 Å². The van der Waals surface area contributed by atoms with Gasteiger partial charge in [-0.25, -0.2) is 0 Å². The predicted molar refractivity (Wildman–Crippen MR) is 60.7 cm³/mol. The largest absolute Gasteiger partial charge is 0.415 e. The molecule has 1 rings (SSSR count). The van der Waals surface area contributed by atoms with Crippen LogP contribution in [0.1, 0.15) is 4.88 Å². The first-order valence-corrected chi connectivity index (χ1v) is 6.20. The highest BCUT2D eigenvalue weighted by atomic mass is 79.9. The standard InChI is InChI=1S/C9H11BrF3NOS/c10-8-2-1-6(16-8)3-4-14-5-7(15)9(11,12)13/h1-2,7,14-15H,3-5H2. The van der Waals surface area contributed by atoms with Crippen LogP contribution in [0.3, 0.4) is 0 Å². The Balaban J connectivity index is 2.17. The molecule has 0 fully saturated rings. The summed E-state index contributed by atoms with van der Waals surface area (Å²) in [5.74, 6) is 0. The van der Waals surface area contributed by atoms with Crippen LogP contribution in [-0.2, 0) is 6.42 Å². The van der Waals surface area contributed by atoms with Crippen molar-refractivity contribution in [3.05, 3.63) is 20.8 Å². The lowest BCUT2D eigenvalue weighted by molar-refractivity contribution is -0.201. The molecule has 0 saturated heterocycles. The van der Waals surface area contributed by atoms with E-state index in [4.69, 9.17) is 5.11 Å². The van der Waals surface area contributed by atoms with Crippen molar-refractivity contribution in [3.63, 3.8) is 0 Å². The number of aliphatic hydroxyl groups is 1. The fourth-order valence-electron chi connectivity index (χ4n) is 1.05. The van der Waals surface area contributed by atoms with Gasteiger partial charge < -0.3 is 10.4 Å². The molecule has 92 valence electrons. The van der Waals surface area contributed by atoms with Crippen molar-refractivity contribution in [3.8, 4) is 0 Å². The van der Waals surface area contributed by atoms with E-state index in [-0.39, 0.29) is 0 Å². The van der Waals surface area contributed by atoms with Gasteiger partial charge in [-0.15, -0.1) is 11.3 Å². The van der Waals surface area contributed by atoms with E-state index >= 15 is 0 Å². The summed E-state index contributed by atoms with van der Waals surface area (Å²) in [7, 11) is 0. The maximum absolute atomic E-state index is 11.9. The normalized spacial score (nSPS) is 14.1. The molecule has 0 aliphatic carbocycles. The second-order valence-electron chi connectivity index (χ2n) is 3.22. The lowest BCUT2D eigenvalue weighted by Gasteiger charge is -2.14. The van der Waals surface area contributed by atoms with Crippen LogP contribution in [0, 0.1) is 0 Å². The van der Waals surface area contributed by atoms with Crippen LogP contribution in [0.2, 0.25) is 0 Å². The zero-order chi connectivity index (χ0) is 12.2. The summed E-state index contributed by atoms with van der Waals surface area (Å²) in [6.45, 7) is -0.0455. The minimum Gasteiger partial charge on any atom is -0.382 e. The molecule has 1 heterocycles. The number of halogens is 4. The molecule has 0 spiro atoms. The first-order valence-electron chi connectivity index (χ1n) is 4.59. The highest BCUT2D eigenvalue weighted by Gasteiger charge is 2.37. The molecular weight excluding hydrogens is 307 g/mol. The topological polar surface area (TPSA) is 32.3 Å². The summed E-state index contributed by atoms with van der Waals surface area (Å²) in [6, 6.07) is 3.81. The zero-order valence-electron chi connectivity index (χ0n) is 8.22. The SMILES string of the molecule is OC(CNCCc1ccc(Br)s1)C(F)(F)F.